The normalized spacial score (nSPS) is 10.6. The molecule has 3 rings (SSSR count). The summed E-state index contributed by atoms with van der Waals surface area (Å²) < 4.78 is 17.4. The van der Waals surface area contributed by atoms with Crippen LogP contribution in [0.3, 0.4) is 0 Å². The number of benzene rings is 3. The molecule has 0 aliphatic rings. The van der Waals surface area contributed by atoms with E-state index in [1.54, 1.807) is 7.11 Å². The summed E-state index contributed by atoms with van der Waals surface area (Å²) in [4.78, 5) is 0. The summed E-state index contributed by atoms with van der Waals surface area (Å²) in [6.45, 7) is 4.23. The quantitative estimate of drug-likeness (QED) is 0.470. The highest BCUT2D eigenvalue weighted by Gasteiger charge is 2.12. The maximum absolute atomic E-state index is 6.28. The van der Waals surface area contributed by atoms with Gasteiger partial charge < -0.3 is 19.5 Å². The lowest BCUT2D eigenvalue weighted by Crippen LogP contribution is -2.14. The van der Waals surface area contributed by atoms with Gasteiger partial charge in [0.1, 0.15) is 12.4 Å². The summed E-state index contributed by atoms with van der Waals surface area (Å²) in [5, 5.41) is 4.16. The van der Waals surface area contributed by atoms with Crippen molar-refractivity contribution in [1.29, 1.82) is 0 Å². The second-order valence-corrected chi connectivity index (χ2v) is 6.88. The second kappa shape index (κ2) is 10.7. The third kappa shape index (κ3) is 5.66. The molecule has 3 aromatic carbocycles. The number of rotatable bonds is 10. The van der Waals surface area contributed by atoms with Crippen LogP contribution >= 0.6 is 11.6 Å². The lowest BCUT2D eigenvalue weighted by Gasteiger charge is -2.17. The lowest BCUT2D eigenvalue weighted by atomic mass is 10.1. The predicted molar refractivity (Wildman–Crippen MR) is 117 cm³/mol. The summed E-state index contributed by atoms with van der Waals surface area (Å²) >= 11 is 6.28. The summed E-state index contributed by atoms with van der Waals surface area (Å²) in [6, 6.07) is 21.6. The van der Waals surface area contributed by atoms with E-state index < -0.39 is 0 Å². The Morgan fingerprint density at radius 1 is 0.759 bits per heavy atom. The Bertz CT molecular complexity index is 930. The van der Waals surface area contributed by atoms with Crippen LogP contribution in [-0.2, 0) is 19.7 Å². The predicted octanol–water partition coefficient (Wildman–Crippen LogP) is 5.62. The molecule has 3 aromatic rings. The molecule has 0 fully saturated rings. The van der Waals surface area contributed by atoms with Gasteiger partial charge in [-0.15, -0.1) is 0 Å². The van der Waals surface area contributed by atoms with E-state index in [9.17, 15) is 0 Å². The fourth-order valence-corrected chi connectivity index (χ4v) is 3.27. The molecular formula is C24H26ClNO3. The Morgan fingerprint density at radius 2 is 1.41 bits per heavy atom. The third-order valence-corrected chi connectivity index (χ3v) is 4.88. The van der Waals surface area contributed by atoms with Gasteiger partial charge in [-0.05, 0) is 25.1 Å². The van der Waals surface area contributed by atoms with E-state index in [0.717, 1.165) is 33.9 Å². The zero-order chi connectivity index (χ0) is 20.5. The Hall–Kier alpha value is -2.69. The number of methoxy groups -OCH3 is 1. The molecule has 0 heterocycles. The number of hydrogen-bond acceptors (Lipinski definition) is 4. The SMILES string of the molecule is CCOc1cccc(CNCc2ccccc2OC)c1OCc1ccccc1Cl. The minimum absolute atomic E-state index is 0.378. The van der Waals surface area contributed by atoms with Gasteiger partial charge in [-0.2, -0.15) is 0 Å². The minimum Gasteiger partial charge on any atom is -0.496 e. The Balaban J connectivity index is 1.73. The molecule has 0 aliphatic carbocycles. The van der Waals surface area contributed by atoms with Crippen molar-refractivity contribution in [2.75, 3.05) is 13.7 Å². The monoisotopic (exact) mass is 411 g/mol. The maximum atomic E-state index is 6.28. The van der Waals surface area contributed by atoms with Crippen LogP contribution in [0.15, 0.2) is 66.7 Å². The fourth-order valence-electron chi connectivity index (χ4n) is 3.08. The van der Waals surface area contributed by atoms with Gasteiger partial charge in [0.25, 0.3) is 0 Å². The molecule has 1 N–H and O–H groups in total. The first-order valence-electron chi connectivity index (χ1n) is 9.66. The van der Waals surface area contributed by atoms with E-state index in [1.165, 1.54) is 0 Å². The molecule has 5 heteroatoms. The first-order chi connectivity index (χ1) is 14.2. The average molecular weight is 412 g/mol. The van der Waals surface area contributed by atoms with E-state index in [1.807, 2.05) is 67.6 Å². The average Bonchev–Trinajstić information content (AvgIpc) is 2.75. The van der Waals surface area contributed by atoms with Gasteiger partial charge in [-0.25, -0.2) is 0 Å². The van der Waals surface area contributed by atoms with Crippen molar-refractivity contribution < 1.29 is 14.2 Å². The van der Waals surface area contributed by atoms with Crippen LogP contribution in [0.25, 0.3) is 0 Å². The van der Waals surface area contributed by atoms with Gasteiger partial charge in [0, 0.05) is 34.8 Å². The molecular weight excluding hydrogens is 386 g/mol. The van der Waals surface area contributed by atoms with Crippen molar-refractivity contribution >= 4 is 11.6 Å². The molecule has 0 amide bonds. The first-order valence-corrected chi connectivity index (χ1v) is 10.0. The lowest BCUT2D eigenvalue weighted by molar-refractivity contribution is 0.266. The Morgan fingerprint density at radius 3 is 2.17 bits per heavy atom. The number of nitrogens with one attached hydrogen (secondary N) is 1. The molecule has 0 aliphatic heterocycles. The molecule has 0 saturated heterocycles. The van der Waals surface area contributed by atoms with Crippen LogP contribution in [0.4, 0.5) is 0 Å². The molecule has 0 unspecified atom stereocenters. The van der Waals surface area contributed by atoms with Crippen molar-refractivity contribution in [3.63, 3.8) is 0 Å². The highest BCUT2D eigenvalue weighted by Crippen LogP contribution is 2.33. The summed E-state index contributed by atoms with van der Waals surface area (Å²) in [5.41, 5.74) is 3.07. The zero-order valence-electron chi connectivity index (χ0n) is 16.8. The van der Waals surface area contributed by atoms with Gasteiger partial charge in [0.2, 0.25) is 0 Å². The highest BCUT2D eigenvalue weighted by atomic mass is 35.5. The summed E-state index contributed by atoms with van der Waals surface area (Å²) in [5.74, 6) is 2.34. The standard InChI is InChI=1S/C24H26ClNO3/c1-3-28-23-14-8-11-19(16-26-15-18-9-5-7-13-22(18)27-2)24(23)29-17-20-10-4-6-12-21(20)25/h4-14,26H,3,15-17H2,1-2H3. The highest BCUT2D eigenvalue weighted by molar-refractivity contribution is 6.31. The van der Waals surface area contributed by atoms with E-state index in [0.29, 0.717) is 31.3 Å². The van der Waals surface area contributed by atoms with Crippen molar-refractivity contribution in [2.45, 2.75) is 26.6 Å². The van der Waals surface area contributed by atoms with Crippen LogP contribution in [0.1, 0.15) is 23.6 Å². The van der Waals surface area contributed by atoms with Crippen molar-refractivity contribution in [3.05, 3.63) is 88.4 Å². The van der Waals surface area contributed by atoms with E-state index in [-0.39, 0.29) is 0 Å². The largest absolute Gasteiger partial charge is 0.496 e. The number of ether oxygens (including phenoxy) is 3. The van der Waals surface area contributed by atoms with Crippen molar-refractivity contribution in [2.24, 2.45) is 0 Å². The molecule has 0 bridgehead atoms. The molecule has 29 heavy (non-hydrogen) atoms. The molecule has 0 aromatic heterocycles. The fraction of sp³-hybridized carbons (Fsp3) is 0.250. The molecule has 0 radical (unpaired) electrons. The Kier molecular flexibility index (Phi) is 7.79. The van der Waals surface area contributed by atoms with Crippen LogP contribution in [0.2, 0.25) is 5.02 Å². The van der Waals surface area contributed by atoms with Gasteiger partial charge >= 0.3 is 0 Å². The van der Waals surface area contributed by atoms with Gasteiger partial charge in [-0.3, -0.25) is 0 Å². The topological polar surface area (TPSA) is 39.7 Å². The maximum Gasteiger partial charge on any atom is 0.166 e. The van der Waals surface area contributed by atoms with E-state index in [4.69, 9.17) is 25.8 Å². The minimum atomic E-state index is 0.378. The Labute approximate surface area is 177 Å². The van der Waals surface area contributed by atoms with Crippen LogP contribution < -0.4 is 19.5 Å². The van der Waals surface area contributed by atoms with E-state index in [2.05, 4.69) is 11.4 Å². The molecule has 152 valence electrons. The van der Waals surface area contributed by atoms with Gasteiger partial charge in [0.15, 0.2) is 11.5 Å². The van der Waals surface area contributed by atoms with Gasteiger partial charge in [0.05, 0.1) is 13.7 Å². The van der Waals surface area contributed by atoms with Crippen molar-refractivity contribution in [3.8, 4) is 17.2 Å². The first kappa shape index (κ1) is 21.0. The third-order valence-electron chi connectivity index (χ3n) is 4.51. The summed E-state index contributed by atoms with van der Waals surface area (Å²) in [7, 11) is 1.69. The van der Waals surface area contributed by atoms with Crippen LogP contribution in [0, 0.1) is 0 Å². The molecule has 0 atom stereocenters. The van der Waals surface area contributed by atoms with Crippen LogP contribution in [-0.4, -0.2) is 13.7 Å². The number of halogens is 1. The number of para-hydroxylation sites is 2. The van der Waals surface area contributed by atoms with Gasteiger partial charge in [-0.1, -0.05) is 60.1 Å². The van der Waals surface area contributed by atoms with E-state index >= 15 is 0 Å². The number of hydrogen-bond donors (Lipinski definition) is 1. The molecule has 0 saturated carbocycles. The molecule has 0 spiro atoms. The second-order valence-electron chi connectivity index (χ2n) is 6.47. The summed E-state index contributed by atoms with van der Waals surface area (Å²) in [6.07, 6.45) is 0. The van der Waals surface area contributed by atoms with Crippen molar-refractivity contribution in [1.82, 2.24) is 5.32 Å². The van der Waals surface area contributed by atoms with Crippen LogP contribution in [0.5, 0.6) is 17.2 Å². The molecule has 4 nitrogen and oxygen atoms in total. The zero-order valence-corrected chi connectivity index (χ0v) is 17.5. The smallest absolute Gasteiger partial charge is 0.166 e.